The van der Waals surface area contributed by atoms with Crippen LogP contribution in [0.1, 0.15) is 11.1 Å². The normalized spacial score (nSPS) is 11.2. The second kappa shape index (κ2) is 11.5. The number of nitrogens with zero attached hydrogens (tertiary/aromatic N) is 1. The number of nitrogens with one attached hydrogen (secondary N) is 1. The van der Waals surface area contributed by atoms with Crippen LogP contribution < -0.4 is 14.8 Å². The second-order valence-electron chi connectivity index (χ2n) is 7.38. The lowest BCUT2D eigenvalue weighted by Gasteiger charge is -2.22. The van der Waals surface area contributed by atoms with E-state index in [0.29, 0.717) is 18.7 Å². The first kappa shape index (κ1) is 24.3. The third-order valence-corrected chi connectivity index (χ3v) is 6.92. The Labute approximate surface area is 195 Å². The van der Waals surface area contributed by atoms with Crippen LogP contribution in [0.4, 0.5) is 0 Å². The fourth-order valence-corrected chi connectivity index (χ4v) is 4.65. The Morgan fingerprint density at radius 1 is 0.818 bits per heavy atom. The molecule has 0 radical (unpaired) electrons. The lowest BCUT2D eigenvalue weighted by atomic mass is 10.1. The van der Waals surface area contributed by atoms with E-state index in [9.17, 15) is 13.2 Å². The van der Waals surface area contributed by atoms with Crippen LogP contribution in [0, 0.1) is 0 Å². The van der Waals surface area contributed by atoms with E-state index in [1.54, 1.807) is 19.2 Å². The smallest absolute Gasteiger partial charge is 0.243 e. The molecule has 0 spiro atoms. The van der Waals surface area contributed by atoms with E-state index >= 15 is 0 Å². The maximum Gasteiger partial charge on any atom is 0.243 e. The molecule has 1 amide bonds. The van der Waals surface area contributed by atoms with Gasteiger partial charge in [0.15, 0.2) is 0 Å². The summed E-state index contributed by atoms with van der Waals surface area (Å²) in [5.74, 6) is 0.958. The zero-order chi connectivity index (χ0) is 23.7. The Kier molecular flexibility index (Phi) is 8.46. The van der Waals surface area contributed by atoms with Crippen molar-refractivity contribution in [1.82, 2.24) is 9.62 Å². The molecular weight excluding hydrogens is 440 g/mol. The number of methoxy groups -OCH3 is 2. The molecule has 0 aliphatic carbocycles. The molecule has 3 aromatic rings. The molecule has 0 bridgehead atoms. The molecule has 7 nitrogen and oxygen atoms in total. The van der Waals surface area contributed by atoms with Crippen LogP contribution in [0.3, 0.4) is 0 Å². The first-order valence-electron chi connectivity index (χ1n) is 10.5. The Balaban J connectivity index is 1.69. The van der Waals surface area contributed by atoms with Crippen molar-refractivity contribution in [2.75, 3.05) is 27.3 Å². The van der Waals surface area contributed by atoms with E-state index in [1.165, 1.54) is 23.5 Å². The summed E-state index contributed by atoms with van der Waals surface area (Å²) >= 11 is 0. The summed E-state index contributed by atoms with van der Waals surface area (Å²) in [5.41, 5.74) is 1.84. The Bertz CT molecular complexity index is 1130. The number of rotatable bonds is 11. The Morgan fingerprint density at radius 2 is 1.39 bits per heavy atom. The van der Waals surface area contributed by atoms with Gasteiger partial charge in [-0.25, -0.2) is 8.42 Å². The van der Waals surface area contributed by atoms with Gasteiger partial charge in [-0.05, 0) is 53.9 Å². The van der Waals surface area contributed by atoms with Crippen molar-refractivity contribution in [3.63, 3.8) is 0 Å². The molecular formula is C25H28N2O5S. The Morgan fingerprint density at radius 3 is 1.97 bits per heavy atom. The molecule has 0 aromatic heterocycles. The van der Waals surface area contributed by atoms with Gasteiger partial charge in [0, 0.05) is 13.1 Å². The molecule has 174 valence electrons. The molecule has 3 aromatic carbocycles. The number of ether oxygens (including phenoxy) is 2. The highest BCUT2D eigenvalue weighted by Crippen LogP contribution is 2.21. The van der Waals surface area contributed by atoms with E-state index < -0.39 is 10.0 Å². The summed E-state index contributed by atoms with van der Waals surface area (Å²) in [6.45, 7) is 0.194. The zero-order valence-corrected chi connectivity index (χ0v) is 19.5. The van der Waals surface area contributed by atoms with Gasteiger partial charge in [0.05, 0.1) is 25.7 Å². The van der Waals surface area contributed by atoms with E-state index in [4.69, 9.17) is 9.47 Å². The number of sulfonamides is 1. The largest absolute Gasteiger partial charge is 0.497 e. The number of benzene rings is 3. The van der Waals surface area contributed by atoms with Crippen molar-refractivity contribution < 1.29 is 22.7 Å². The maximum absolute atomic E-state index is 13.3. The van der Waals surface area contributed by atoms with Gasteiger partial charge in [0.1, 0.15) is 11.5 Å². The highest BCUT2D eigenvalue weighted by atomic mass is 32.2. The monoisotopic (exact) mass is 468 g/mol. The molecule has 33 heavy (non-hydrogen) atoms. The molecule has 0 aliphatic rings. The van der Waals surface area contributed by atoms with Crippen LogP contribution in [0.5, 0.6) is 11.5 Å². The fourth-order valence-electron chi connectivity index (χ4n) is 3.26. The molecule has 8 heteroatoms. The van der Waals surface area contributed by atoms with E-state index in [0.717, 1.165) is 16.9 Å². The van der Waals surface area contributed by atoms with Gasteiger partial charge in [-0.3, -0.25) is 4.79 Å². The second-order valence-corrected chi connectivity index (χ2v) is 9.32. The summed E-state index contributed by atoms with van der Waals surface area (Å²) in [6, 6.07) is 22.9. The first-order chi connectivity index (χ1) is 15.9. The predicted molar refractivity (Wildman–Crippen MR) is 127 cm³/mol. The fraction of sp³-hybridized carbons (Fsp3) is 0.240. The SMILES string of the molecule is COc1ccc(CCNC(=O)CN(Cc2ccccc2)S(=O)(=O)c2ccc(OC)cc2)cc1. The van der Waals surface area contributed by atoms with Crippen molar-refractivity contribution in [1.29, 1.82) is 0 Å². The summed E-state index contributed by atoms with van der Waals surface area (Å²) < 4.78 is 38.1. The van der Waals surface area contributed by atoms with Crippen LogP contribution >= 0.6 is 0 Å². The molecule has 0 unspecified atom stereocenters. The van der Waals surface area contributed by atoms with Crippen molar-refractivity contribution in [3.05, 3.63) is 90.0 Å². The van der Waals surface area contributed by atoms with Crippen LogP contribution in [-0.2, 0) is 27.8 Å². The average molecular weight is 469 g/mol. The number of hydrogen-bond acceptors (Lipinski definition) is 5. The van der Waals surface area contributed by atoms with Gasteiger partial charge in [-0.2, -0.15) is 4.31 Å². The molecule has 0 atom stereocenters. The van der Waals surface area contributed by atoms with E-state index in [2.05, 4.69) is 5.32 Å². The van der Waals surface area contributed by atoms with Crippen LogP contribution in [0.2, 0.25) is 0 Å². The van der Waals surface area contributed by atoms with Crippen molar-refractivity contribution in [2.24, 2.45) is 0 Å². The molecule has 3 rings (SSSR count). The molecule has 1 N–H and O–H groups in total. The lowest BCUT2D eigenvalue weighted by molar-refractivity contribution is -0.121. The zero-order valence-electron chi connectivity index (χ0n) is 18.7. The number of amides is 1. The summed E-state index contributed by atoms with van der Waals surface area (Å²) in [5, 5.41) is 2.82. The highest BCUT2D eigenvalue weighted by Gasteiger charge is 2.27. The molecule has 0 heterocycles. The molecule has 0 aliphatic heterocycles. The number of hydrogen-bond donors (Lipinski definition) is 1. The summed E-state index contributed by atoms with van der Waals surface area (Å²) in [4.78, 5) is 12.8. The molecule has 0 saturated carbocycles. The van der Waals surface area contributed by atoms with Gasteiger partial charge in [0.2, 0.25) is 15.9 Å². The van der Waals surface area contributed by atoms with Crippen LogP contribution in [-0.4, -0.2) is 45.9 Å². The first-order valence-corrected chi connectivity index (χ1v) is 11.9. The van der Waals surface area contributed by atoms with E-state index in [-0.39, 0.29) is 23.9 Å². The van der Waals surface area contributed by atoms with Gasteiger partial charge in [-0.1, -0.05) is 42.5 Å². The van der Waals surface area contributed by atoms with Crippen molar-refractivity contribution in [2.45, 2.75) is 17.9 Å². The summed E-state index contributed by atoms with van der Waals surface area (Å²) in [7, 11) is -0.778. The minimum atomic E-state index is -3.90. The lowest BCUT2D eigenvalue weighted by Crippen LogP contribution is -2.40. The predicted octanol–water partition coefficient (Wildman–Crippen LogP) is 3.25. The van der Waals surface area contributed by atoms with Gasteiger partial charge in [0.25, 0.3) is 0 Å². The molecule has 0 fully saturated rings. The van der Waals surface area contributed by atoms with Gasteiger partial charge in [-0.15, -0.1) is 0 Å². The van der Waals surface area contributed by atoms with Crippen LogP contribution in [0.15, 0.2) is 83.8 Å². The third kappa shape index (κ3) is 6.81. The van der Waals surface area contributed by atoms with E-state index in [1.807, 2.05) is 54.6 Å². The standard InChI is InChI=1S/C25H28N2O5S/c1-31-22-10-8-20(9-11-22)16-17-26-25(28)19-27(18-21-6-4-3-5-7-21)33(29,30)24-14-12-23(32-2)13-15-24/h3-15H,16-19H2,1-2H3,(H,26,28). The quantitative estimate of drug-likeness (QED) is 0.467. The number of carbonyl (C=O) groups is 1. The number of carbonyl (C=O) groups excluding carboxylic acids is 1. The topological polar surface area (TPSA) is 84.9 Å². The van der Waals surface area contributed by atoms with Crippen molar-refractivity contribution >= 4 is 15.9 Å². The highest BCUT2D eigenvalue weighted by molar-refractivity contribution is 7.89. The Hall–Kier alpha value is -3.36. The third-order valence-electron chi connectivity index (χ3n) is 5.11. The van der Waals surface area contributed by atoms with Gasteiger partial charge >= 0.3 is 0 Å². The minimum Gasteiger partial charge on any atom is -0.497 e. The van der Waals surface area contributed by atoms with Crippen LogP contribution in [0.25, 0.3) is 0 Å². The minimum absolute atomic E-state index is 0.0844. The molecule has 0 saturated heterocycles. The summed E-state index contributed by atoms with van der Waals surface area (Å²) in [6.07, 6.45) is 0.625. The van der Waals surface area contributed by atoms with Crippen molar-refractivity contribution in [3.8, 4) is 11.5 Å². The maximum atomic E-state index is 13.3. The average Bonchev–Trinajstić information content (AvgIpc) is 2.84. The van der Waals surface area contributed by atoms with Gasteiger partial charge < -0.3 is 14.8 Å².